The summed E-state index contributed by atoms with van der Waals surface area (Å²) in [5, 5.41) is 22.4. The van der Waals surface area contributed by atoms with Gasteiger partial charge in [-0.25, -0.2) is 9.59 Å². The van der Waals surface area contributed by atoms with E-state index >= 15 is 0 Å². The molecule has 1 aromatic carbocycles. The van der Waals surface area contributed by atoms with Crippen molar-refractivity contribution in [3.63, 3.8) is 0 Å². The van der Waals surface area contributed by atoms with Gasteiger partial charge < -0.3 is 49.4 Å². The number of benzene rings is 1. The first-order valence-electron chi connectivity index (χ1n) is 18.0. The highest BCUT2D eigenvalue weighted by molar-refractivity contribution is 7.85. The van der Waals surface area contributed by atoms with Crippen molar-refractivity contribution in [3.8, 4) is 5.75 Å². The molecule has 2 saturated heterocycles. The standard InChI is InChI=1S/C34H46ClN3O10.C3H7NO5S/c1-18-11-10-12-26(45-9)34(43)17-25(46-32(42)36-34)19(2)30-33(5,48-30)27(47-31(41)20(3)37(6)21(4)39)16-28(40)38(7)23-14-22(13-18)15-24(44-8)29(23)35;4-2(3(5)6)1-10(7,8)9/h10-12,14-15,19-20,25-27,30,43H,13,16-17H2,1-9H3,(H,36,42);2H,1,4H2,(H,5,6)(H,7,8,9)/b12-10+,18-11+;/t19-,20+,25+,26?,27+,30+,33+,34+;/m1./s1. The number of aliphatic carboxylic acids is 1. The Kier molecular flexibility index (Phi) is 15.9. The number of aliphatic hydroxyl groups is 1. The molecule has 1 aromatic rings. The second kappa shape index (κ2) is 19.2. The number of halogens is 1. The number of alkyl carbamates (subject to hydrolysis) is 1. The van der Waals surface area contributed by atoms with Crippen LogP contribution in [0.4, 0.5) is 10.5 Å². The van der Waals surface area contributed by atoms with Crippen LogP contribution in [0.15, 0.2) is 35.9 Å². The Bertz CT molecular complexity index is 1910. The van der Waals surface area contributed by atoms with Gasteiger partial charge in [0.1, 0.15) is 52.5 Å². The Hall–Kier alpha value is -4.31. The number of carboxylic acids is 1. The number of fused-ring (bicyclic) bond motifs is 5. The second-order valence-corrected chi connectivity index (χ2v) is 16.6. The summed E-state index contributed by atoms with van der Waals surface area (Å²) in [5.74, 6) is -4.05. The summed E-state index contributed by atoms with van der Waals surface area (Å²) in [7, 11) is 1.69. The van der Waals surface area contributed by atoms with E-state index in [9.17, 15) is 37.5 Å². The van der Waals surface area contributed by atoms with Crippen molar-refractivity contribution in [3.05, 3.63) is 46.5 Å². The average Bonchev–Trinajstić information content (AvgIpc) is 3.83. The van der Waals surface area contributed by atoms with Crippen LogP contribution < -0.4 is 20.7 Å². The van der Waals surface area contributed by atoms with Crippen LogP contribution in [0.1, 0.15) is 53.0 Å². The molecule has 324 valence electrons. The molecule has 3 heterocycles. The smallest absolute Gasteiger partial charge is 0.409 e. The van der Waals surface area contributed by atoms with E-state index in [4.69, 9.17) is 50.7 Å². The number of carbonyl (C=O) groups excluding carboxylic acids is 4. The molecule has 4 rings (SSSR count). The minimum atomic E-state index is -4.27. The predicted molar refractivity (Wildman–Crippen MR) is 209 cm³/mol. The van der Waals surface area contributed by atoms with Crippen molar-refractivity contribution < 1.29 is 70.8 Å². The molecular weight excluding hydrogens is 808 g/mol. The van der Waals surface area contributed by atoms with E-state index in [0.29, 0.717) is 17.9 Å². The van der Waals surface area contributed by atoms with Crippen LogP contribution in [0, 0.1) is 5.92 Å². The number of esters is 1. The Balaban J connectivity index is 0.000000793. The maximum Gasteiger partial charge on any atom is 0.409 e. The largest absolute Gasteiger partial charge is 0.495 e. The summed E-state index contributed by atoms with van der Waals surface area (Å²) in [4.78, 5) is 64.6. The van der Waals surface area contributed by atoms with Gasteiger partial charge in [0.2, 0.25) is 11.8 Å². The van der Waals surface area contributed by atoms with Crippen LogP contribution in [0.2, 0.25) is 5.02 Å². The Morgan fingerprint density at radius 1 is 1.22 bits per heavy atom. The van der Waals surface area contributed by atoms with Gasteiger partial charge in [0.25, 0.3) is 10.1 Å². The molecule has 58 heavy (non-hydrogen) atoms. The number of hydrogen-bond acceptors (Lipinski definition) is 14. The molecule has 6 N–H and O–H groups in total. The highest BCUT2D eigenvalue weighted by Gasteiger charge is 2.64. The number of allylic oxidation sites excluding steroid dienone is 3. The summed E-state index contributed by atoms with van der Waals surface area (Å²) in [6.07, 6.45) is 1.02. The molecule has 0 saturated carbocycles. The molecule has 0 radical (unpaired) electrons. The number of anilines is 1. The summed E-state index contributed by atoms with van der Waals surface area (Å²) >= 11 is 6.71. The monoisotopic (exact) mass is 860 g/mol. The van der Waals surface area contributed by atoms with E-state index < -0.39 is 93.6 Å². The molecule has 0 aliphatic carbocycles. The van der Waals surface area contributed by atoms with Gasteiger partial charge in [-0.1, -0.05) is 42.3 Å². The highest BCUT2D eigenvalue weighted by atomic mass is 35.5. The number of carbonyl (C=O) groups is 5. The summed E-state index contributed by atoms with van der Waals surface area (Å²) in [6.45, 7) is 8.29. The van der Waals surface area contributed by atoms with Crippen LogP contribution in [-0.2, 0) is 54.7 Å². The number of nitrogens with two attached hydrogens (primary N) is 1. The quantitative estimate of drug-likeness (QED) is 0.142. The number of hydrogen-bond donors (Lipinski definition) is 5. The molecule has 19 nitrogen and oxygen atoms in total. The lowest BCUT2D eigenvalue weighted by molar-refractivity contribution is -0.161. The molecule has 3 aliphatic rings. The zero-order valence-corrected chi connectivity index (χ0v) is 35.3. The summed E-state index contributed by atoms with van der Waals surface area (Å²) in [6, 6.07) is 1.07. The van der Waals surface area contributed by atoms with Crippen molar-refractivity contribution in [1.29, 1.82) is 0 Å². The zero-order chi connectivity index (χ0) is 44.1. The van der Waals surface area contributed by atoms with E-state index in [2.05, 4.69) is 5.32 Å². The topological polar surface area (TPSA) is 274 Å². The van der Waals surface area contributed by atoms with Gasteiger partial charge in [0.15, 0.2) is 5.72 Å². The number of nitrogens with one attached hydrogen (secondary N) is 1. The summed E-state index contributed by atoms with van der Waals surface area (Å²) < 4.78 is 56.9. The van der Waals surface area contributed by atoms with Gasteiger partial charge in [-0.3, -0.25) is 24.3 Å². The molecule has 2 fully saturated rings. The minimum Gasteiger partial charge on any atom is -0.495 e. The van der Waals surface area contributed by atoms with Crippen molar-refractivity contribution >= 4 is 57.3 Å². The molecule has 4 bridgehead atoms. The van der Waals surface area contributed by atoms with Crippen LogP contribution in [-0.4, -0.2) is 140 Å². The Labute approximate surface area is 342 Å². The minimum absolute atomic E-state index is 0.0436. The third-order valence-corrected chi connectivity index (χ3v) is 11.5. The Morgan fingerprint density at radius 3 is 2.40 bits per heavy atom. The fraction of sp³-hybridized carbons (Fsp3) is 0.595. The number of amides is 3. The van der Waals surface area contributed by atoms with Gasteiger partial charge in [-0.15, -0.1) is 0 Å². The van der Waals surface area contributed by atoms with Crippen molar-refractivity contribution in [2.24, 2.45) is 11.7 Å². The van der Waals surface area contributed by atoms with E-state index in [-0.39, 0.29) is 23.8 Å². The summed E-state index contributed by atoms with van der Waals surface area (Å²) in [5.41, 5.74) is 3.89. The number of carboxylic acid groups (broad SMARTS) is 1. The van der Waals surface area contributed by atoms with Crippen LogP contribution in [0.5, 0.6) is 5.75 Å². The molecular formula is C37H53ClN4O15S. The molecule has 21 heteroatoms. The van der Waals surface area contributed by atoms with Crippen molar-refractivity contribution in [2.45, 2.75) is 102 Å². The van der Waals surface area contributed by atoms with Gasteiger partial charge in [-0.05, 0) is 44.9 Å². The molecule has 9 atom stereocenters. The number of methoxy groups -OCH3 is 2. The fourth-order valence-corrected chi connectivity index (χ4v) is 7.48. The van der Waals surface area contributed by atoms with Crippen LogP contribution in [0.25, 0.3) is 0 Å². The zero-order valence-electron chi connectivity index (χ0n) is 33.8. The third-order valence-electron chi connectivity index (χ3n) is 10.3. The van der Waals surface area contributed by atoms with Crippen molar-refractivity contribution in [2.75, 3.05) is 39.0 Å². The van der Waals surface area contributed by atoms with Gasteiger partial charge in [0.05, 0.1) is 25.3 Å². The van der Waals surface area contributed by atoms with E-state index in [1.54, 1.807) is 45.2 Å². The van der Waals surface area contributed by atoms with E-state index in [1.165, 1.54) is 44.9 Å². The number of ether oxygens (including phenoxy) is 5. The normalized spacial score (nSPS) is 30.0. The van der Waals surface area contributed by atoms with Gasteiger partial charge in [-0.2, -0.15) is 8.42 Å². The van der Waals surface area contributed by atoms with E-state index in [0.717, 1.165) is 11.1 Å². The molecule has 3 amide bonds. The first kappa shape index (κ1) is 48.1. The number of rotatable bonds is 8. The number of nitrogens with zero attached hydrogens (tertiary/aromatic N) is 2. The molecule has 0 spiro atoms. The molecule has 3 aliphatic heterocycles. The third kappa shape index (κ3) is 11.9. The number of likely N-dealkylation sites (N-methyl/N-ethyl adjacent to an activating group) is 1. The fourth-order valence-electron chi connectivity index (χ4n) is 6.57. The second-order valence-electron chi connectivity index (χ2n) is 14.7. The van der Waals surface area contributed by atoms with E-state index in [1.807, 2.05) is 13.0 Å². The number of epoxide rings is 1. The molecule has 0 aromatic heterocycles. The lowest BCUT2D eigenvalue weighted by atomic mass is 9.83. The maximum atomic E-state index is 14.0. The van der Waals surface area contributed by atoms with Crippen LogP contribution in [0.3, 0.4) is 0 Å². The lowest BCUT2D eigenvalue weighted by Gasteiger charge is -2.42. The maximum absolute atomic E-state index is 14.0. The Morgan fingerprint density at radius 2 is 1.86 bits per heavy atom. The van der Waals surface area contributed by atoms with Crippen molar-refractivity contribution in [1.82, 2.24) is 10.2 Å². The van der Waals surface area contributed by atoms with Crippen LogP contribution >= 0.6 is 11.6 Å². The average molecular weight is 861 g/mol. The lowest BCUT2D eigenvalue weighted by Crippen LogP contribution is -2.63. The first-order valence-corrected chi connectivity index (χ1v) is 20.0. The highest BCUT2D eigenvalue weighted by Crippen LogP contribution is 2.49. The predicted octanol–water partition coefficient (Wildman–Crippen LogP) is 1.82. The first-order chi connectivity index (χ1) is 26.8. The van der Waals surface area contributed by atoms with Gasteiger partial charge >= 0.3 is 18.0 Å². The van der Waals surface area contributed by atoms with Gasteiger partial charge in [0, 0.05) is 40.5 Å². The SMILES string of the molecule is COc1cc2cc(c1Cl)N(C)C(=O)C[C@H](OC(=O)[C@H](C)N(C)C(C)=O)[C@]1(C)O[C@H]1[C@H](C)[C@@H]1C[C@@](O)(NC(=O)O1)C(OC)/C=C/C=C(\C)C2.NC(CS(=O)(=O)O)C(=O)O. The molecule has 2 unspecified atom stereocenters.